The van der Waals surface area contributed by atoms with Gasteiger partial charge in [-0.3, -0.25) is 10.7 Å². The molecule has 112 valence electrons. The van der Waals surface area contributed by atoms with Crippen LogP contribution in [0.3, 0.4) is 0 Å². The first-order valence-corrected chi connectivity index (χ1v) is 6.55. The maximum absolute atomic E-state index is 8.47. The van der Waals surface area contributed by atoms with E-state index in [0.29, 0.717) is 23.9 Å². The van der Waals surface area contributed by atoms with E-state index < -0.39 is 0 Å². The molecule has 0 spiro atoms. The van der Waals surface area contributed by atoms with Crippen molar-refractivity contribution in [2.45, 2.75) is 0 Å². The summed E-state index contributed by atoms with van der Waals surface area (Å²) in [7, 11) is 3.33. The number of benzene rings is 1. The van der Waals surface area contributed by atoms with Crippen LogP contribution in [0.4, 0.5) is 11.4 Å². The molecule has 0 aliphatic heterocycles. The smallest absolute Gasteiger partial charge is 0.113 e. The molecular formula is C13H20ClN3O3. The van der Waals surface area contributed by atoms with Crippen molar-refractivity contribution >= 4 is 29.3 Å². The van der Waals surface area contributed by atoms with Gasteiger partial charge < -0.3 is 14.4 Å². The molecule has 0 atom stereocenters. The molecule has 0 fully saturated rings. The largest absolute Gasteiger partial charge is 0.383 e. The molecule has 20 heavy (non-hydrogen) atoms. The third-order valence-corrected chi connectivity index (χ3v) is 2.98. The molecule has 0 amide bonds. The highest BCUT2D eigenvalue weighted by atomic mass is 35.5. The van der Waals surface area contributed by atoms with Crippen LogP contribution in [0.1, 0.15) is 0 Å². The molecule has 2 N–H and O–H groups in total. The average molecular weight is 302 g/mol. The van der Waals surface area contributed by atoms with Gasteiger partial charge in [-0.25, -0.2) is 4.99 Å². The Morgan fingerprint density at radius 2 is 1.95 bits per heavy atom. The molecular weight excluding hydrogens is 282 g/mol. The lowest BCUT2D eigenvalue weighted by atomic mass is 10.2. The molecule has 1 aromatic carbocycles. The molecule has 0 aliphatic rings. The van der Waals surface area contributed by atoms with Gasteiger partial charge in [-0.1, -0.05) is 11.6 Å². The van der Waals surface area contributed by atoms with Gasteiger partial charge >= 0.3 is 0 Å². The fourth-order valence-corrected chi connectivity index (χ4v) is 1.99. The van der Waals surface area contributed by atoms with E-state index in [1.165, 1.54) is 6.34 Å². The number of ether oxygens (including phenoxy) is 2. The second-order valence-electron chi connectivity index (χ2n) is 4.00. The molecule has 0 saturated carbocycles. The maximum Gasteiger partial charge on any atom is 0.113 e. The number of rotatable bonds is 9. The maximum atomic E-state index is 8.47. The van der Waals surface area contributed by atoms with Crippen LogP contribution in [-0.2, 0) is 9.47 Å². The van der Waals surface area contributed by atoms with Crippen LogP contribution in [0.5, 0.6) is 0 Å². The zero-order valence-corrected chi connectivity index (χ0v) is 12.4. The van der Waals surface area contributed by atoms with Crippen LogP contribution in [0.2, 0.25) is 5.02 Å². The lowest BCUT2D eigenvalue weighted by Crippen LogP contribution is -2.30. The zero-order valence-electron chi connectivity index (χ0n) is 11.7. The van der Waals surface area contributed by atoms with E-state index in [2.05, 4.69) is 9.89 Å². The summed E-state index contributed by atoms with van der Waals surface area (Å²) < 4.78 is 10.2. The van der Waals surface area contributed by atoms with Crippen molar-refractivity contribution in [2.75, 3.05) is 45.4 Å². The lowest BCUT2D eigenvalue weighted by Gasteiger charge is -2.25. The quantitative estimate of drug-likeness (QED) is 0.415. The predicted molar refractivity (Wildman–Crippen MR) is 80.5 cm³/mol. The number of nitrogens with zero attached hydrogens (tertiary/aromatic N) is 2. The van der Waals surface area contributed by atoms with Gasteiger partial charge in [-0.15, -0.1) is 0 Å². The van der Waals surface area contributed by atoms with Crippen molar-refractivity contribution < 1.29 is 14.7 Å². The van der Waals surface area contributed by atoms with Gasteiger partial charge in [0.05, 0.1) is 29.6 Å². The van der Waals surface area contributed by atoms with E-state index in [1.54, 1.807) is 20.3 Å². The number of anilines is 1. The number of aliphatic imine (C=N–C) groups is 1. The van der Waals surface area contributed by atoms with E-state index in [0.717, 1.165) is 18.8 Å². The van der Waals surface area contributed by atoms with Gasteiger partial charge in [0.1, 0.15) is 6.34 Å². The highest BCUT2D eigenvalue weighted by Gasteiger charge is 2.10. The van der Waals surface area contributed by atoms with Crippen LogP contribution in [-0.4, -0.2) is 52.1 Å². The van der Waals surface area contributed by atoms with E-state index in [1.807, 2.05) is 17.6 Å². The fourth-order valence-electron chi connectivity index (χ4n) is 1.69. The summed E-state index contributed by atoms with van der Waals surface area (Å²) in [6, 6.07) is 5.44. The first-order chi connectivity index (χ1) is 9.72. The van der Waals surface area contributed by atoms with Crippen LogP contribution in [0.25, 0.3) is 0 Å². The molecule has 1 rings (SSSR count). The van der Waals surface area contributed by atoms with Gasteiger partial charge in [0.25, 0.3) is 0 Å². The Hall–Kier alpha value is -1.34. The second kappa shape index (κ2) is 9.55. The van der Waals surface area contributed by atoms with Crippen molar-refractivity contribution in [2.24, 2.45) is 4.99 Å². The summed E-state index contributed by atoms with van der Waals surface area (Å²) in [5.74, 6) is 0. The number of hydroxylamine groups is 1. The average Bonchev–Trinajstić information content (AvgIpc) is 2.46. The van der Waals surface area contributed by atoms with Crippen molar-refractivity contribution in [1.29, 1.82) is 0 Å². The molecule has 1 aromatic rings. The standard InChI is InChI=1S/C13H20ClN3O3/c1-19-7-5-17(6-8-20-2)13-4-3-11(9-12(13)14)15-10-16-18/h3-4,9-10,18H,5-8H2,1-2H3,(H,15,16). The van der Waals surface area contributed by atoms with E-state index in [4.69, 9.17) is 26.3 Å². The number of nitrogens with one attached hydrogen (secondary N) is 1. The Bertz CT molecular complexity index is 421. The Morgan fingerprint density at radius 3 is 2.45 bits per heavy atom. The Morgan fingerprint density at radius 1 is 1.30 bits per heavy atom. The number of halogens is 1. The van der Waals surface area contributed by atoms with E-state index in [-0.39, 0.29) is 0 Å². The fraction of sp³-hybridized carbons (Fsp3) is 0.462. The second-order valence-corrected chi connectivity index (χ2v) is 4.40. The molecule has 0 aliphatic carbocycles. The summed E-state index contributed by atoms with van der Waals surface area (Å²) in [5.41, 5.74) is 3.40. The first-order valence-electron chi connectivity index (χ1n) is 6.17. The minimum absolute atomic E-state index is 0.588. The van der Waals surface area contributed by atoms with Gasteiger partial charge in [-0.05, 0) is 18.2 Å². The first kappa shape index (κ1) is 16.7. The molecule has 0 aromatic heterocycles. The topological polar surface area (TPSA) is 66.3 Å². The van der Waals surface area contributed by atoms with Crippen LogP contribution < -0.4 is 10.4 Å². The summed E-state index contributed by atoms with van der Waals surface area (Å²) in [5, 5.41) is 9.05. The normalized spacial score (nSPS) is 11.0. The third kappa shape index (κ3) is 5.34. The van der Waals surface area contributed by atoms with Gasteiger partial charge in [0.2, 0.25) is 0 Å². The summed E-state index contributed by atoms with van der Waals surface area (Å²) in [6.07, 6.45) is 1.18. The molecule has 6 nitrogen and oxygen atoms in total. The predicted octanol–water partition coefficient (Wildman–Crippen LogP) is 2.08. The third-order valence-electron chi connectivity index (χ3n) is 2.67. The number of hydrogen-bond donors (Lipinski definition) is 2. The van der Waals surface area contributed by atoms with Crippen LogP contribution in [0.15, 0.2) is 23.2 Å². The molecule has 0 heterocycles. The minimum atomic E-state index is 0.588. The summed E-state index contributed by atoms with van der Waals surface area (Å²) >= 11 is 6.28. The van der Waals surface area contributed by atoms with Crippen molar-refractivity contribution in [3.8, 4) is 0 Å². The molecule has 0 saturated heterocycles. The monoisotopic (exact) mass is 301 g/mol. The van der Waals surface area contributed by atoms with Crippen molar-refractivity contribution in [3.05, 3.63) is 23.2 Å². The number of hydrogen-bond acceptors (Lipinski definition) is 5. The van der Waals surface area contributed by atoms with Crippen LogP contribution in [0, 0.1) is 0 Å². The Labute approximate surface area is 123 Å². The molecule has 7 heteroatoms. The molecule has 0 unspecified atom stereocenters. The van der Waals surface area contributed by atoms with Crippen LogP contribution >= 0.6 is 11.6 Å². The highest BCUT2D eigenvalue weighted by molar-refractivity contribution is 6.33. The minimum Gasteiger partial charge on any atom is -0.383 e. The molecule has 0 bridgehead atoms. The van der Waals surface area contributed by atoms with Crippen molar-refractivity contribution in [3.63, 3.8) is 0 Å². The summed E-state index contributed by atoms with van der Waals surface area (Å²) in [4.78, 5) is 6.06. The Balaban J connectivity index is 2.86. The number of methoxy groups -OCH3 is 2. The lowest BCUT2D eigenvalue weighted by molar-refractivity contribution is 0.190. The van der Waals surface area contributed by atoms with E-state index >= 15 is 0 Å². The van der Waals surface area contributed by atoms with E-state index in [9.17, 15) is 0 Å². The van der Waals surface area contributed by atoms with Crippen molar-refractivity contribution in [1.82, 2.24) is 5.48 Å². The van der Waals surface area contributed by atoms with Gasteiger partial charge in [-0.2, -0.15) is 0 Å². The summed E-state index contributed by atoms with van der Waals surface area (Å²) in [6.45, 7) is 2.66. The Kier molecular flexibility index (Phi) is 7.98. The molecule has 0 radical (unpaired) electrons. The highest BCUT2D eigenvalue weighted by Crippen LogP contribution is 2.29. The van der Waals surface area contributed by atoms with Gasteiger partial charge in [0.15, 0.2) is 0 Å². The van der Waals surface area contributed by atoms with Gasteiger partial charge in [0, 0.05) is 27.3 Å². The zero-order chi connectivity index (χ0) is 14.8. The SMILES string of the molecule is COCCN(CCOC)c1ccc(N=CNO)cc1Cl.